The second-order valence-corrected chi connectivity index (χ2v) is 5.00. The monoisotopic (exact) mass is 304 g/mol. The highest BCUT2D eigenvalue weighted by atomic mass is 35.5. The third kappa shape index (κ3) is 3.47. The van der Waals surface area contributed by atoms with E-state index in [9.17, 15) is 4.79 Å². The Balaban J connectivity index is 2.35. The van der Waals surface area contributed by atoms with E-state index in [0.717, 1.165) is 11.3 Å². The number of nitrogens with one attached hydrogen (secondary N) is 1. The van der Waals surface area contributed by atoms with E-state index in [1.807, 2.05) is 25.1 Å². The topological polar surface area (TPSA) is 64.3 Å². The maximum absolute atomic E-state index is 11.8. The molecule has 0 atom stereocenters. The molecule has 3 N–H and O–H groups in total. The molecule has 2 aromatic carbocycles. The summed E-state index contributed by atoms with van der Waals surface area (Å²) >= 11 is 6.16. The second kappa shape index (κ2) is 6.50. The molecule has 21 heavy (non-hydrogen) atoms. The normalized spacial score (nSPS) is 10.2. The summed E-state index contributed by atoms with van der Waals surface area (Å²) in [7, 11) is 0. The fourth-order valence-electron chi connectivity index (χ4n) is 1.94. The van der Waals surface area contributed by atoms with Crippen molar-refractivity contribution in [3.05, 3.63) is 52.5 Å². The quantitative estimate of drug-likeness (QED) is 0.658. The first-order chi connectivity index (χ1) is 10.0. The van der Waals surface area contributed by atoms with Gasteiger partial charge < -0.3 is 15.8 Å². The summed E-state index contributed by atoms with van der Waals surface area (Å²) in [6.07, 6.45) is 0. The van der Waals surface area contributed by atoms with Crippen molar-refractivity contribution in [2.24, 2.45) is 0 Å². The van der Waals surface area contributed by atoms with Gasteiger partial charge in [0.15, 0.2) is 0 Å². The van der Waals surface area contributed by atoms with E-state index < -0.39 is 5.97 Å². The molecule has 0 radical (unpaired) electrons. The highest BCUT2D eigenvalue weighted by Gasteiger charge is 2.14. The van der Waals surface area contributed by atoms with Crippen molar-refractivity contribution in [2.75, 3.05) is 17.7 Å². The lowest BCUT2D eigenvalue weighted by Crippen LogP contribution is -2.09. The summed E-state index contributed by atoms with van der Waals surface area (Å²) in [6.45, 7) is 4.03. The zero-order valence-electron chi connectivity index (χ0n) is 11.9. The van der Waals surface area contributed by atoms with Gasteiger partial charge in [-0.2, -0.15) is 0 Å². The largest absolute Gasteiger partial charge is 0.462 e. The first kappa shape index (κ1) is 15.2. The number of nitrogen functional groups attached to an aromatic ring is 1. The van der Waals surface area contributed by atoms with Crippen molar-refractivity contribution in [3.63, 3.8) is 0 Å². The van der Waals surface area contributed by atoms with E-state index in [0.29, 0.717) is 28.6 Å². The van der Waals surface area contributed by atoms with E-state index in [1.54, 1.807) is 25.1 Å². The number of halogens is 1. The number of benzene rings is 2. The molecule has 0 spiro atoms. The van der Waals surface area contributed by atoms with Gasteiger partial charge in [-0.05, 0) is 43.7 Å². The van der Waals surface area contributed by atoms with Crippen LogP contribution in [0.25, 0.3) is 0 Å². The minimum Gasteiger partial charge on any atom is -0.462 e. The Bertz CT molecular complexity index is 671. The highest BCUT2D eigenvalue weighted by molar-refractivity contribution is 6.33. The highest BCUT2D eigenvalue weighted by Crippen LogP contribution is 2.31. The number of anilines is 3. The van der Waals surface area contributed by atoms with Crippen LogP contribution in [0.3, 0.4) is 0 Å². The third-order valence-corrected chi connectivity index (χ3v) is 3.32. The summed E-state index contributed by atoms with van der Waals surface area (Å²) in [6, 6.07) is 10.8. The number of hydrogen-bond donors (Lipinski definition) is 2. The zero-order chi connectivity index (χ0) is 15.4. The summed E-state index contributed by atoms with van der Waals surface area (Å²) in [5.74, 6) is -0.436. The molecule has 0 aromatic heterocycles. The smallest absolute Gasteiger partial charge is 0.340 e. The molecule has 0 aliphatic heterocycles. The Labute approximate surface area is 128 Å². The number of hydrogen-bond acceptors (Lipinski definition) is 4. The SMILES string of the molecule is CCOC(=O)c1cccc(Nc2cc(C)ccc2Cl)c1N. The summed E-state index contributed by atoms with van der Waals surface area (Å²) < 4.78 is 4.98. The Morgan fingerprint density at radius 1 is 1.29 bits per heavy atom. The molecule has 0 saturated carbocycles. The predicted octanol–water partition coefficient (Wildman–Crippen LogP) is 4.15. The lowest BCUT2D eigenvalue weighted by molar-refractivity contribution is 0.0527. The van der Waals surface area contributed by atoms with E-state index in [4.69, 9.17) is 22.1 Å². The predicted molar refractivity (Wildman–Crippen MR) is 86.3 cm³/mol. The van der Waals surface area contributed by atoms with Gasteiger partial charge in [0.05, 0.1) is 34.3 Å². The Kier molecular flexibility index (Phi) is 4.70. The summed E-state index contributed by atoms with van der Waals surface area (Å²) in [5, 5.41) is 3.74. The zero-order valence-corrected chi connectivity index (χ0v) is 12.7. The number of para-hydroxylation sites is 1. The number of ether oxygens (including phenoxy) is 1. The molecule has 0 amide bonds. The molecule has 0 saturated heterocycles. The van der Waals surface area contributed by atoms with E-state index in [2.05, 4.69) is 5.32 Å². The molecule has 0 bridgehead atoms. The molecule has 0 heterocycles. The van der Waals surface area contributed by atoms with Crippen molar-refractivity contribution in [1.29, 1.82) is 0 Å². The molecule has 2 rings (SSSR count). The van der Waals surface area contributed by atoms with Crippen molar-refractivity contribution >= 4 is 34.6 Å². The van der Waals surface area contributed by atoms with Crippen LogP contribution in [0.1, 0.15) is 22.8 Å². The fraction of sp³-hybridized carbons (Fsp3) is 0.188. The molecule has 0 unspecified atom stereocenters. The van der Waals surface area contributed by atoms with Crippen molar-refractivity contribution in [3.8, 4) is 0 Å². The molecule has 110 valence electrons. The molecule has 0 aliphatic rings. The molecular formula is C16H17ClN2O2. The minimum absolute atomic E-state index is 0.305. The van der Waals surface area contributed by atoms with Crippen LogP contribution < -0.4 is 11.1 Å². The van der Waals surface area contributed by atoms with Gasteiger partial charge in [0, 0.05) is 0 Å². The van der Waals surface area contributed by atoms with Crippen LogP contribution in [0.4, 0.5) is 17.1 Å². The van der Waals surface area contributed by atoms with Gasteiger partial charge in [0.25, 0.3) is 0 Å². The molecule has 5 heteroatoms. The molecule has 4 nitrogen and oxygen atoms in total. The van der Waals surface area contributed by atoms with Crippen LogP contribution in [-0.4, -0.2) is 12.6 Å². The van der Waals surface area contributed by atoms with Crippen LogP contribution in [0.2, 0.25) is 5.02 Å². The lowest BCUT2D eigenvalue weighted by Gasteiger charge is -2.14. The fourth-order valence-corrected chi connectivity index (χ4v) is 2.11. The maximum atomic E-state index is 11.8. The summed E-state index contributed by atoms with van der Waals surface area (Å²) in [5.41, 5.74) is 9.15. The Hall–Kier alpha value is -2.20. The van der Waals surface area contributed by atoms with Gasteiger partial charge in [-0.15, -0.1) is 0 Å². The lowest BCUT2D eigenvalue weighted by atomic mass is 10.1. The van der Waals surface area contributed by atoms with Gasteiger partial charge in [0.2, 0.25) is 0 Å². The van der Waals surface area contributed by atoms with Crippen LogP contribution in [0.5, 0.6) is 0 Å². The van der Waals surface area contributed by atoms with Crippen LogP contribution in [0.15, 0.2) is 36.4 Å². The van der Waals surface area contributed by atoms with Crippen molar-refractivity contribution < 1.29 is 9.53 Å². The number of rotatable bonds is 4. The standard InChI is InChI=1S/C16H17ClN2O2/c1-3-21-16(20)11-5-4-6-13(15(11)18)19-14-9-10(2)7-8-12(14)17/h4-9,19H,3,18H2,1-2H3. The molecule has 0 fully saturated rings. The van der Waals surface area contributed by atoms with Crippen LogP contribution in [-0.2, 0) is 4.74 Å². The first-order valence-corrected chi connectivity index (χ1v) is 6.99. The number of esters is 1. The van der Waals surface area contributed by atoms with Gasteiger partial charge in [-0.25, -0.2) is 4.79 Å². The van der Waals surface area contributed by atoms with E-state index >= 15 is 0 Å². The van der Waals surface area contributed by atoms with Gasteiger partial charge >= 0.3 is 5.97 Å². The van der Waals surface area contributed by atoms with Crippen molar-refractivity contribution in [2.45, 2.75) is 13.8 Å². The average molecular weight is 305 g/mol. The van der Waals surface area contributed by atoms with Gasteiger partial charge in [-0.1, -0.05) is 23.7 Å². The van der Waals surface area contributed by atoms with Crippen molar-refractivity contribution in [1.82, 2.24) is 0 Å². The summed E-state index contributed by atoms with van der Waals surface area (Å²) in [4.78, 5) is 11.8. The number of nitrogens with two attached hydrogens (primary N) is 1. The molecule has 0 aliphatic carbocycles. The number of carbonyl (C=O) groups is 1. The van der Waals surface area contributed by atoms with Gasteiger partial charge in [-0.3, -0.25) is 0 Å². The number of carbonyl (C=O) groups excluding carboxylic acids is 1. The third-order valence-electron chi connectivity index (χ3n) is 2.99. The van der Waals surface area contributed by atoms with Crippen LogP contribution >= 0.6 is 11.6 Å². The Morgan fingerprint density at radius 2 is 2.05 bits per heavy atom. The molecular weight excluding hydrogens is 288 g/mol. The number of aryl methyl sites for hydroxylation is 1. The average Bonchev–Trinajstić information content (AvgIpc) is 2.45. The minimum atomic E-state index is -0.436. The second-order valence-electron chi connectivity index (χ2n) is 4.60. The Morgan fingerprint density at radius 3 is 2.76 bits per heavy atom. The van der Waals surface area contributed by atoms with E-state index in [1.165, 1.54) is 0 Å². The maximum Gasteiger partial charge on any atom is 0.340 e. The van der Waals surface area contributed by atoms with Gasteiger partial charge in [0.1, 0.15) is 0 Å². The first-order valence-electron chi connectivity index (χ1n) is 6.61. The molecule has 2 aromatic rings. The van der Waals surface area contributed by atoms with Crippen LogP contribution in [0, 0.1) is 6.92 Å². The van der Waals surface area contributed by atoms with E-state index in [-0.39, 0.29) is 0 Å².